The molecule has 6 nitrogen and oxygen atoms in total. The number of anilines is 2. The molecule has 0 fully saturated rings. The van der Waals surface area contributed by atoms with E-state index in [1.807, 2.05) is 59.5 Å². The van der Waals surface area contributed by atoms with Crippen LogP contribution in [0.2, 0.25) is 0 Å². The zero-order chi connectivity index (χ0) is 17.4. The Hall–Kier alpha value is -2.67. The van der Waals surface area contributed by atoms with E-state index in [0.29, 0.717) is 19.0 Å². The maximum atomic E-state index is 12.5. The molecule has 0 radical (unpaired) electrons. The second-order valence-electron chi connectivity index (χ2n) is 5.83. The van der Waals surface area contributed by atoms with Gasteiger partial charge in [-0.2, -0.15) is 0 Å². The van der Waals surface area contributed by atoms with Crippen LogP contribution in [0.1, 0.15) is 5.56 Å². The predicted molar refractivity (Wildman–Crippen MR) is 99.4 cm³/mol. The number of fused-ring (bicyclic) bond motifs is 1. The van der Waals surface area contributed by atoms with Crippen LogP contribution < -0.4 is 16.0 Å². The monoisotopic (exact) mass is 398 g/mol. The summed E-state index contributed by atoms with van der Waals surface area (Å²) < 4.78 is 3.66. The fourth-order valence-electron chi connectivity index (χ4n) is 2.95. The Morgan fingerprint density at radius 3 is 2.36 bits per heavy atom. The summed E-state index contributed by atoms with van der Waals surface area (Å²) in [6, 6.07) is 17.3. The van der Waals surface area contributed by atoms with E-state index in [9.17, 15) is 9.59 Å². The Labute approximate surface area is 152 Å². The third kappa shape index (κ3) is 2.91. The van der Waals surface area contributed by atoms with Crippen molar-refractivity contribution in [2.24, 2.45) is 0 Å². The van der Waals surface area contributed by atoms with E-state index in [0.717, 1.165) is 15.7 Å². The topological polar surface area (TPSA) is 60.1 Å². The van der Waals surface area contributed by atoms with Crippen LogP contribution in [0.4, 0.5) is 11.6 Å². The minimum absolute atomic E-state index is 0.262. The number of hydrogen-bond acceptors (Lipinski definition) is 4. The standard InChI is InChI=1S/C18H15BrN4O2/c19-14-8-6-13(7-9-14)12-23-17(25)16(24)22-11-10-21(18(22)20-23)15-4-2-1-3-5-15/h1-9H,10-12H2. The summed E-state index contributed by atoms with van der Waals surface area (Å²) >= 11 is 3.39. The highest BCUT2D eigenvalue weighted by atomic mass is 79.9. The van der Waals surface area contributed by atoms with E-state index in [-0.39, 0.29) is 6.54 Å². The van der Waals surface area contributed by atoms with Gasteiger partial charge in [0.1, 0.15) is 0 Å². The minimum Gasteiger partial charge on any atom is -0.309 e. The van der Waals surface area contributed by atoms with Gasteiger partial charge in [-0.05, 0) is 29.8 Å². The second kappa shape index (κ2) is 6.33. The zero-order valence-electron chi connectivity index (χ0n) is 13.3. The van der Waals surface area contributed by atoms with Gasteiger partial charge < -0.3 is 4.90 Å². The average Bonchev–Trinajstić information content (AvgIpc) is 3.06. The minimum atomic E-state index is -0.596. The first-order chi connectivity index (χ1) is 12.1. The highest BCUT2D eigenvalue weighted by molar-refractivity contribution is 9.10. The van der Waals surface area contributed by atoms with Crippen LogP contribution in [0.3, 0.4) is 0 Å². The molecule has 25 heavy (non-hydrogen) atoms. The molecule has 0 N–H and O–H groups in total. The van der Waals surface area contributed by atoms with Gasteiger partial charge in [0.15, 0.2) is 0 Å². The van der Waals surface area contributed by atoms with Gasteiger partial charge in [-0.15, -0.1) is 5.10 Å². The molecule has 4 rings (SSSR count). The molecular weight excluding hydrogens is 384 g/mol. The number of halogens is 1. The lowest BCUT2D eigenvalue weighted by atomic mass is 10.2. The van der Waals surface area contributed by atoms with Crippen LogP contribution in [-0.2, 0) is 13.1 Å². The summed E-state index contributed by atoms with van der Waals surface area (Å²) in [5.74, 6) is 0.507. The third-order valence-corrected chi connectivity index (χ3v) is 4.74. The van der Waals surface area contributed by atoms with Crippen LogP contribution in [0, 0.1) is 0 Å². The molecule has 1 aliphatic rings. The zero-order valence-corrected chi connectivity index (χ0v) is 14.9. The van der Waals surface area contributed by atoms with Crippen molar-refractivity contribution >= 4 is 27.6 Å². The van der Waals surface area contributed by atoms with Crippen molar-refractivity contribution in [1.82, 2.24) is 14.3 Å². The smallest absolute Gasteiger partial charge is 0.309 e. The Balaban J connectivity index is 1.78. The van der Waals surface area contributed by atoms with Crippen molar-refractivity contribution < 1.29 is 0 Å². The van der Waals surface area contributed by atoms with Crippen LogP contribution >= 0.6 is 15.9 Å². The molecule has 3 aromatic rings. The Morgan fingerprint density at radius 2 is 1.64 bits per heavy atom. The van der Waals surface area contributed by atoms with Crippen LogP contribution in [0.15, 0.2) is 68.7 Å². The lowest BCUT2D eigenvalue weighted by Crippen LogP contribution is -2.42. The van der Waals surface area contributed by atoms with E-state index >= 15 is 0 Å². The molecule has 0 bridgehead atoms. The number of para-hydroxylation sites is 1. The van der Waals surface area contributed by atoms with E-state index < -0.39 is 11.1 Å². The molecule has 0 atom stereocenters. The van der Waals surface area contributed by atoms with Crippen molar-refractivity contribution in [2.45, 2.75) is 13.1 Å². The summed E-state index contributed by atoms with van der Waals surface area (Å²) in [5, 5.41) is 4.47. The predicted octanol–water partition coefficient (Wildman–Crippen LogP) is 2.37. The fourth-order valence-corrected chi connectivity index (χ4v) is 3.21. The number of aromatic nitrogens is 3. The van der Waals surface area contributed by atoms with Crippen molar-refractivity contribution in [2.75, 3.05) is 11.4 Å². The average molecular weight is 399 g/mol. The normalized spacial score (nSPS) is 13.1. The molecular formula is C18H15BrN4O2. The molecule has 7 heteroatoms. The molecule has 0 spiro atoms. The summed E-state index contributed by atoms with van der Waals surface area (Å²) in [4.78, 5) is 26.8. The van der Waals surface area contributed by atoms with E-state index in [2.05, 4.69) is 21.0 Å². The molecule has 0 aliphatic carbocycles. The van der Waals surface area contributed by atoms with Gasteiger partial charge in [0.05, 0.1) is 6.54 Å². The van der Waals surface area contributed by atoms with Crippen molar-refractivity contribution in [3.63, 3.8) is 0 Å². The molecule has 0 saturated carbocycles. The molecule has 2 heterocycles. The first-order valence-corrected chi connectivity index (χ1v) is 8.72. The van der Waals surface area contributed by atoms with Crippen LogP contribution in [0.25, 0.3) is 0 Å². The molecule has 2 aromatic carbocycles. The fraction of sp³-hybridized carbons (Fsp3) is 0.167. The Kier molecular flexibility index (Phi) is 4.01. The van der Waals surface area contributed by atoms with Gasteiger partial charge in [-0.3, -0.25) is 14.2 Å². The van der Waals surface area contributed by atoms with Gasteiger partial charge in [0.2, 0.25) is 5.95 Å². The number of hydrogen-bond donors (Lipinski definition) is 0. The van der Waals surface area contributed by atoms with Gasteiger partial charge in [0, 0.05) is 23.2 Å². The highest BCUT2D eigenvalue weighted by Crippen LogP contribution is 2.25. The number of nitrogens with zero attached hydrogens (tertiary/aromatic N) is 4. The maximum absolute atomic E-state index is 12.5. The van der Waals surface area contributed by atoms with Crippen LogP contribution in [0.5, 0.6) is 0 Å². The van der Waals surface area contributed by atoms with E-state index in [1.54, 1.807) is 0 Å². The SMILES string of the molecule is O=c1c(=O)n2c(nn1Cc1ccc(Br)cc1)N(c1ccccc1)CC2. The maximum Gasteiger partial charge on any atom is 0.333 e. The van der Waals surface area contributed by atoms with E-state index in [1.165, 1.54) is 9.25 Å². The third-order valence-electron chi connectivity index (χ3n) is 4.22. The second-order valence-corrected chi connectivity index (χ2v) is 6.75. The highest BCUT2D eigenvalue weighted by Gasteiger charge is 2.25. The van der Waals surface area contributed by atoms with Gasteiger partial charge >= 0.3 is 11.1 Å². The lowest BCUT2D eigenvalue weighted by molar-refractivity contribution is 0.591. The first kappa shape index (κ1) is 15.8. The largest absolute Gasteiger partial charge is 0.333 e. The summed E-state index contributed by atoms with van der Waals surface area (Å²) in [7, 11) is 0. The van der Waals surface area contributed by atoms with Crippen molar-refractivity contribution in [1.29, 1.82) is 0 Å². The Morgan fingerprint density at radius 1 is 0.920 bits per heavy atom. The summed E-state index contributed by atoms with van der Waals surface area (Å²) in [6.07, 6.45) is 0. The molecule has 1 aliphatic heterocycles. The molecule has 1 aromatic heterocycles. The summed E-state index contributed by atoms with van der Waals surface area (Å²) in [5.41, 5.74) is 0.739. The quantitative estimate of drug-likeness (QED) is 0.635. The molecule has 0 saturated heterocycles. The van der Waals surface area contributed by atoms with Crippen molar-refractivity contribution in [3.8, 4) is 0 Å². The number of benzene rings is 2. The lowest BCUT2D eigenvalue weighted by Gasteiger charge is -2.17. The van der Waals surface area contributed by atoms with Crippen LogP contribution in [-0.4, -0.2) is 20.9 Å². The van der Waals surface area contributed by atoms with Gasteiger partial charge in [-0.25, -0.2) is 4.68 Å². The Bertz CT molecular complexity index is 1030. The van der Waals surface area contributed by atoms with Gasteiger partial charge in [-0.1, -0.05) is 46.3 Å². The molecule has 126 valence electrons. The first-order valence-electron chi connectivity index (χ1n) is 7.92. The van der Waals surface area contributed by atoms with Gasteiger partial charge in [0.25, 0.3) is 0 Å². The van der Waals surface area contributed by atoms with Crippen molar-refractivity contribution in [3.05, 3.63) is 85.3 Å². The van der Waals surface area contributed by atoms with E-state index in [4.69, 9.17) is 0 Å². The molecule has 0 unspecified atom stereocenters. The molecule has 0 amide bonds. The number of rotatable bonds is 3. The summed E-state index contributed by atoms with van der Waals surface area (Å²) in [6.45, 7) is 1.34.